The van der Waals surface area contributed by atoms with Crippen LogP contribution < -0.4 is 15.8 Å². The molecule has 3 N–H and O–H groups in total. The number of halogens is 1. The second-order valence-corrected chi connectivity index (χ2v) is 6.13. The fourth-order valence-corrected chi connectivity index (χ4v) is 2.76. The predicted molar refractivity (Wildman–Crippen MR) is 87.8 cm³/mol. The maximum atomic E-state index is 12.1. The summed E-state index contributed by atoms with van der Waals surface area (Å²) in [6.07, 6.45) is 3.78. The van der Waals surface area contributed by atoms with Crippen LogP contribution in [-0.2, 0) is 4.79 Å². The van der Waals surface area contributed by atoms with Crippen LogP contribution in [0.3, 0.4) is 0 Å². The number of nitrogens with two attached hydrogens (primary N) is 1. The molecule has 1 aliphatic carbocycles. The molecule has 1 aliphatic rings. The summed E-state index contributed by atoms with van der Waals surface area (Å²) in [5.74, 6) is 0.305. The summed E-state index contributed by atoms with van der Waals surface area (Å²) >= 11 is 10.9. The van der Waals surface area contributed by atoms with E-state index >= 15 is 0 Å². The van der Waals surface area contributed by atoms with Gasteiger partial charge in [0.1, 0.15) is 10.7 Å². The van der Waals surface area contributed by atoms with Crippen molar-refractivity contribution in [3.05, 3.63) is 28.8 Å². The van der Waals surface area contributed by atoms with Crippen LogP contribution in [0.2, 0.25) is 5.02 Å². The molecular weight excluding hydrogens is 308 g/mol. The van der Waals surface area contributed by atoms with E-state index < -0.39 is 6.10 Å². The molecular formula is C15H19ClN2O2S. The Morgan fingerprint density at radius 3 is 2.76 bits per heavy atom. The molecule has 1 aromatic rings. The number of thiocarbonyl (C=S) groups is 1. The molecule has 114 valence electrons. The molecule has 2 rings (SSSR count). The van der Waals surface area contributed by atoms with E-state index in [0.29, 0.717) is 16.3 Å². The number of carbonyl (C=O) groups excluding carboxylic acids is 1. The van der Waals surface area contributed by atoms with E-state index in [2.05, 4.69) is 5.32 Å². The maximum absolute atomic E-state index is 12.1. The summed E-state index contributed by atoms with van der Waals surface area (Å²) < 4.78 is 5.70. The van der Waals surface area contributed by atoms with Crippen molar-refractivity contribution in [2.24, 2.45) is 5.73 Å². The summed E-state index contributed by atoms with van der Waals surface area (Å²) in [6, 6.07) is 5.27. The van der Waals surface area contributed by atoms with Crippen LogP contribution in [0.1, 0.15) is 38.2 Å². The molecule has 0 saturated heterocycles. The van der Waals surface area contributed by atoms with Crippen molar-refractivity contribution in [3.63, 3.8) is 0 Å². The van der Waals surface area contributed by atoms with Gasteiger partial charge in [0.05, 0.1) is 5.56 Å². The van der Waals surface area contributed by atoms with Gasteiger partial charge in [-0.15, -0.1) is 0 Å². The van der Waals surface area contributed by atoms with Gasteiger partial charge in [0, 0.05) is 11.1 Å². The lowest BCUT2D eigenvalue weighted by Crippen LogP contribution is -2.41. The first-order valence-corrected chi connectivity index (χ1v) is 7.82. The Labute approximate surface area is 135 Å². The predicted octanol–water partition coefficient (Wildman–Crippen LogP) is 2.80. The number of hydrogen-bond acceptors (Lipinski definition) is 3. The quantitative estimate of drug-likeness (QED) is 0.817. The molecule has 6 heteroatoms. The van der Waals surface area contributed by atoms with E-state index in [0.717, 1.165) is 12.8 Å². The smallest absolute Gasteiger partial charge is 0.260 e. The first-order valence-electron chi connectivity index (χ1n) is 7.03. The van der Waals surface area contributed by atoms with E-state index in [1.807, 2.05) is 0 Å². The van der Waals surface area contributed by atoms with Gasteiger partial charge in [0.25, 0.3) is 5.91 Å². The molecule has 0 radical (unpaired) electrons. The standard InChI is InChI=1S/C15H19ClN2O2S/c1-9(15(19)18-11-4-2-3-5-11)20-13-8-10(16)6-7-12(13)14(17)21/h6-9,11H,2-5H2,1H3,(H2,17,21)(H,18,19). The lowest BCUT2D eigenvalue weighted by atomic mass is 10.2. The molecule has 0 bridgehead atoms. The van der Waals surface area contributed by atoms with E-state index in [1.165, 1.54) is 12.8 Å². The largest absolute Gasteiger partial charge is 0.480 e. The Morgan fingerprint density at radius 2 is 2.14 bits per heavy atom. The van der Waals surface area contributed by atoms with Crippen LogP contribution in [0, 0.1) is 0 Å². The van der Waals surface area contributed by atoms with Crippen molar-refractivity contribution in [2.75, 3.05) is 0 Å². The van der Waals surface area contributed by atoms with Gasteiger partial charge in [-0.1, -0.05) is 36.7 Å². The zero-order valence-corrected chi connectivity index (χ0v) is 13.5. The third-order valence-electron chi connectivity index (χ3n) is 3.58. The van der Waals surface area contributed by atoms with Crippen LogP contribution in [0.25, 0.3) is 0 Å². The molecule has 1 aromatic carbocycles. The Hall–Kier alpha value is -1.33. The normalized spacial score (nSPS) is 16.5. The fraction of sp³-hybridized carbons (Fsp3) is 0.467. The summed E-state index contributed by atoms with van der Waals surface area (Å²) in [5.41, 5.74) is 6.23. The van der Waals surface area contributed by atoms with Crippen LogP contribution in [-0.4, -0.2) is 23.0 Å². The van der Waals surface area contributed by atoms with E-state index in [9.17, 15) is 4.79 Å². The molecule has 4 nitrogen and oxygen atoms in total. The Bertz CT molecular complexity index is 544. The van der Waals surface area contributed by atoms with Gasteiger partial charge in [-0.05, 0) is 38.0 Å². The highest BCUT2D eigenvalue weighted by molar-refractivity contribution is 7.80. The van der Waals surface area contributed by atoms with Crippen molar-refractivity contribution in [2.45, 2.75) is 44.8 Å². The monoisotopic (exact) mass is 326 g/mol. The molecule has 1 unspecified atom stereocenters. The van der Waals surface area contributed by atoms with Gasteiger partial charge >= 0.3 is 0 Å². The van der Waals surface area contributed by atoms with E-state index in [-0.39, 0.29) is 16.9 Å². The first kappa shape index (κ1) is 16.0. The van der Waals surface area contributed by atoms with E-state index in [4.69, 9.17) is 34.3 Å². The summed E-state index contributed by atoms with van der Waals surface area (Å²) in [6.45, 7) is 1.70. The highest BCUT2D eigenvalue weighted by Gasteiger charge is 2.22. The van der Waals surface area contributed by atoms with Gasteiger partial charge in [-0.25, -0.2) is 0 Å². The van der Waals surface area contributed by atoms with Gasteiger partial charge in [0.15, 0.2) is 6.10 Å². The number of hydrogen-bond donors (Lipinski definition) is 2. The Balaban J connectivity index is 2.04. The van der Waals surface area contributed by atoms with Crippen molar-refractivity contribution < 1.29 is 9.53 Å². The van der Waals surface area contributed by atoms with Crippen LogP contribution in [0.15, 0.2) is 18.2 Å². The number of carbonyl (C=O) groups is 1. The third kappa shape index (κ3) is 4.32. The summed E-state index contributed by atoms with van der Waals surface area (Å²) in [7, 11) is 0. The second kappa shape index (κ2) is 7.09. The Kier molecular flexibility index (Phi) is 5.42. The summed E-state index contributed by atoms with van der Waals surface area (Å²) in [4.78, 5) is 12.3. The molecule has 0 heterocycles. The lowest BCUT2D eigenvalue weighted by Gasteiger charge is -2.19. The minimum atomic E-state index is -0.628. The number of amides is 1. The van der Waals surface area contributed by atoms with Gasteiger partial charge in [-0.3, -0.25) is 4.79 Å². The molecule has 0 aliphatic heterocycles. The molecule has 1 saturated carbocycles. The first-order chi connectivity index (χ1) is 9.97. The number of rotatable bonds is 5. The molecule has 1 amide bonds. The molecule has 1 atom stereocenters. The average Bonchev–Trinajstić information content (AvgIpc) is 2.91. The molecule has 1 fully saturated rings. The van der Waals surface area contributed by atoms with Crippen molar-refractivity contribution >= 4 is 34.7 Å². The van der Waals surface area contributed by atoms with Crippen molar-refractivity contribution in [1.82, 2.24) is 5.32 Å². The van der Waals surface area contributed by atoms with Gasteiger partial charge in [0.2, 0.25) is 0 Å². The molecule has 0 spiro atoms. The SMILES string of the molecule is CC(Oc1cc(Cl)ccc1C(N)=S)C(=O)NC1CCCC1. The van der Waals surface area contributed by atoms with Crippen LogP contribution in [0.4, 0.5) is 0 Å². The minimum absolute atomic E-state index is 0.129. The highest BCUT2D eigenvalue weighted by atomic mass is 35.5. The minimum Gasteiger partial charge on any atom is -0.480 e. The topological polar surface area (TPSA) is 64.3 Å². The maximum Gasteiger partial charge on any atom is 0.260 e. The van der Waals surface area contributed by atoms with E-state index in [1.54, 1.807) is 25.1 Å². The summed E-state index contributed by atoms with van der Waals surface area (Å²) in [5, 5.41) is 3.51. The Morgan fingerprint density at radius 1 is 1.48 bits per heavy atom. The zero-order chi connectivity index (χ0) is 15.4. The van der Waals surface area contributed by atoms with Crippen molar-refractivity contribution in [1.29, 1.82) is 0 Å². The van der Waals surface area contributed by atoms with Crippen molar-refractivity contribution in [3.8, 4) is 5.75 Å². The van der Waals surface area contributed by atoms with Crippen LogP contribution >= 0.6 is 23.8 Å². The number of benzene rings is 1. The molecule has 0 aromatic heterocycles. The zero-order valence-electron chi connectivity index (χ0n) is 11.9. The number of ether oxygens (including phenoxy) is 1. The fourth-order valence-electron chi connectivity index (χ4n) is 2.43. The lowest BCUT2D eigenvalue weighted by molar-refractivity contribution is -0.127. The van der Waals surface area contributed by atoms with Crippen LogP contribution in [0.5, 0.6) is 5.75 Å². The van der Waals surface area contributed by atoms with Gasteiger partial charge < -0.3 is 15.8 Å². The number of nitrogens with one attached hydrogen (secondary N) is 1. The molecule has 21 heavy (non-hydrogen) atoms. The average molecular weight is 327 g/mol. The third-order valence-corrected chi connectivity index (χ3v) is 4.04. The second-order valence-electron chi connectivity index (χ2n) is 5.25. The van der Waals surface area contributed by atoms with Gasteiger partial charge in [-0.2, -0.15) is 0 Å². The highest BCUT2D eigenvalue weighted by Crippen LogP contribution is 2.25.